The molecule has 0 spiro atoms. The minimum Gasteiger partial charge on any atom is -0.481 e. The quantitative estimate of drug-likeness (QED) is 0.594. The standard InChI is InChI=1S/C5H9NO2.ClH/c6-4-1-3(4)2-5(7)8;/h3-4H,1-2,6H2,(H,7,8);1H/t3-,4-;/m1./s1. The lowest BCUT2D eigenvalue weighted by atomic mass is 10.3. The molecule has 0 bridgehead atoms. The number of carboxylic acids is 1. The third-order valence-corrected chi connectivity index (χ3v) is 1.41. The Kier molecular flexibility index (Phi) is 2.94. The van der Waals surface area contributed by atoms with Gasteiger partial charge in [0.25, 0.3) is 0 Å². The van der Waals surface area contributed by atoms with E-state index in [0.29, 0.717) is 0 Å². The number of hydrogen-bond acceptors (Lipinski definition) is 2. The van der Waals surface area contributed by atoms with E-state index < -0.39 is 5.97 Å². The molecule has 0 saturated heterocycles. The lowest BCUT2D eigenvalue weighted by Crippen LogP contribution is -2.05. The maximum atomic E-state index is 9.94. The molecule has 54 valence electrons. The predicted molar refractivity (Wildman–Crippen MR) is 35.6 cm³/mol. The van der Waals surface area contributed by atoms with E-state index in [4.69, 9.17) is 10.8 Å². The van der Waals surface area contributed by atoms with Crippen molar-refractivity contribution in [2.75, 3.05) is 0 Å². The molecule has 3 N–H and O–H groups in total. The van der Waals surface area contributed by atoms with Crippen molar-refractivity contribution in [3.05, 3.63) is 0 Å². The maximum Gasteiger partial charge on any atom is 0.303 e. The van der Waals surface area contributed by atoms with Crippen LogP contribution in [-0.4, -0.2) is 17.1 Å². The monoisotopic (exact) mass is 151 g/mol. The Labute approximate surface area is 59.6 Å². The summed E-state index contributed by atoms with van der Waals surface area (Å²) >= 11 is 0. The van der Waals surface area contributed by atoms with Gasteiger partial charge in [-0.3, -0.25) is 4.79 Å². The summed E-state index contributed by atoms with van der Waals surface area (Å²) in [5.41, 5.74) is 5.35. The molecule has 0 aromatic carbocycles. The van der Waals surface area contributed by atoms with Crippen LogP contribution in [0.3, 0.4) is 0 Å². The van der Waals surface area contributed by atoms with Crippen LogP contribution in [0.15, 0.2) is 0 Å². The van der Waals surface area contributed by atoms with Crippen molar-refractivity contribution in [3.8, 4) is 0 Å². The molecule has 1 aliphatic rings. The zero-order valence-corrected chi connectivity index (χ0v) is 5.73. The first-order valence-electron chi connectivity index (χ1n) is 2.67. The number of carbonyl (C=O) groups is 1. The molecule has 0 heterocycles. The van der Waals surface area contributed by atoms with Gasteiger partial charge in [-0.05, 0) is 12.3 Å². The van der Waals surface area contributed by atoms with Crippen LogP contribution in [-0.2, 0) is 4.79 Å². The third kappa shape index (κ3) is 2.67. The molecule has 1 aliphatic carbocycles. The molecule has 1 fully saturated rings. The van der Waals surface area contributed by atoms with Crippen molar-refractivity contribution in [2.45, 2.75) is 18.9 Å². The van der Waals surface area contributed by atoms with Crippen molar-refractivity contribution >= 4 is 18.4 Å². The SMILES string of the molecule is Cl.N[C@@H]1C[C@@H]1CC(=O)O. The van der Waals surface area contributed by atoms with E-state index in [2.05, 4.69) is 0 Å². The molecule has 0 aromatic heterocycles. The molecular formula is C5H10ClNO2. The van der Waals surface area contributed by atoms with Gasteiger partial charge in [-0.1, -0.05) is 0 Å². The van der Waals surface area contributed by atoms with Gasteiger partial charge in [0, 0.05) is 12.5 Å². The van der Waals surface area contributed by atoms with E-state index in [1.54, 1.807) is 0 Å². The maximum absolute atomic E-state index is 9.94. The molecule has 9 heavy (non-hydrogen) atoms. The Morgan fingerprint density at radius 3 is 2.33 bits per heavy atom. The lowest BCUT2D eigenvalue weighted by Gasteiger charge is -1.86. The fourth-order valence-corrected chi connectivity index (χ4v) is 0.730. The number of halogens is 1. The van der Waals surface area contributed by atoms with Gasteiger partial charge in [-0.15, -0.1) is 12.4 Å². The summed E-state index contributed by atoms with van der Waals surface area (Å²) in [4.78, 5) is 9.94. The van der Waals surface area contributed by atoms with E-state index in [-0.39, 0.29) is 30.8 Å². The summed E-state index contributed by atoms with van der Waals surface area (Å²) in [6, 6.07) is 0.172. The van der Waals surface area contributed by atoms with E-state index in [9.17, 15) is 4.79 Å². The first kappa shape index (κ1) is 8.72. The first-order valence-corrected chi connectivity index (χ1v) is 2.67. The second-order valence-electron chi connectivity index (χ2n) is 2.26. The highest BCUT2D eigenvalue weighted by Crippen LogP contribution is 2.30. The zero-order valence-electron chi connectivity index (χ0n) is 4.91. The summed E-state index contributed by atoms with van der Waals surface area (Å²) in [6.07, 6.45) is 1.15. The van der Waals surface area contributed by atoms with E-state index >= 15 is 0 Å². The predicted octanol–water partition coefficient (Wildman–Crippen LogP) is 0.230. The Bertz CT molecular complexity index is 118. The Morgan fingerprint density at radius 1 is 1.78 bits per heavy atom. The van der Waals surface area contributed by atoms with Crippen molar-refractivity contribution in [1.82, 2.24) is 0 Å². The van der Waals surface area contributed by atoms with Gasteiger partial charge in [-0.25, -0.2) is 0 Å². The van der Waals surface area contributed by atoms with Crippen LogP contribution >= 0.6 is 12.4 Å². The number of aliphatic carboxylic acids is 1. The molecule has 0 aliphatic heterocycles. The lowest BCUT2D eigenvalue weighted by molar-refractivity contribution is -0.137. The van der Waals surface area contributed by atoms with Crippen LogP contribution in [0.4, 0.5) is 0 Å². The van der Waals surface area contributed by atoms with Crippen LogP contribution in [0.2, 0.25) is 0 Å². The highest BCUT2D eigenvalue weighted by molar-refractivity contribution is 5.85. The van der Waals surface area contributed by atoms with Gasteiger partial charge >= 0.3 is 5.97 Å². The van der Waals surface area contributed by atoms with Crippen molar-refractivity contribution in [2.24, 2.45) is 11.7 Å². The van der Waals surface area contributed by atoms with Crippen LogP contribution in [0.1, 0.15) is 12.8 Å². The molecule has 2 atom stereocenters. The normalized spacial score (nSPS) is 30.8. The minimum atomic E-state index is -0.733. The van der Waals surface area contributed by atoms with E-state index in [1.165, 1.54) is 0 Å². The molecule has 0 radical (unpaired) electrons. The molecule has 0 unspecified atom stereocenters. The van der Waals surface area contributed by atoms with Crippen LogP contribution < -0.4 is 5.73 Å². The molecular weight excluding hydrogens is 142 g/mol. The minimum absolute atomic E-state index is 0. The van der Waals surface area contributed by atoms with E-state index in [1.807, 2.05) is 0 Å². The smallest absolute Gasteiger partial charge is 0.303 e. The second kappa shape index (κ2) is 3.03. The van der Waals surface area contributed by atoms with Gasteiger partial charge in [0.2, 0.25) is 0 Å². The second-order valence-corrected chi connectivity index (χ2v) is 2.26. The van der Waals surface area contributed by atoms with Gasteiger partial charge < -0.3 is 10.8 Å². The molecule has 4 heteroatoms. The summed E-state index contributed by atoms with van der Waals surface area (Å²) < 4.78 is 0. The highest BCUT2D eigenvalue weighted by atomic mass is 35.5. The molecule has 1 saturated carbocycles. The topological polar surface area (TPSA) is 63.3 Å². The summed E-state index contributed by atoms with van der Waals surface area (Å²) in [5.74, 6) is -0.463. The Hall–Kier alpha value is -0.280. The fraction of sp³-hybridized carbons (Fsp3) is 0.800. The third-order valence-electron chi connectivity index (χ3n) is 1.41. The Morgan fingerprint density at radius 2 is 2.22 bits per heavy atom. The summed E-state index contributed by atoms with van der Waals surface area (Å²) in [7, 11) is 0. The first-order chi connectivity index (χ1) is 3.70. The van der Waals surface area contributed by atoms with Crippen LogP contribution in [0.5, 0.6) is 0 Å². The van der Waals surface area contributed by atoms with E-state index in [0.717, 1.165) is 6.42 Å². The number of carboxylic acid groups (broad SMARTS) is 1. The van der Waals surface area contributed by atoms with Gasteiger partial charge in [0.1, 0.15) is 0 Å². The molecule has 1 rings (SSSR count). The van der Waals surface area contributed by atoms with Crippen molar-refractivity contribution in [3.63, 3.8) is 0 Å². The number of nitrogens with two attached hydrogens (primary N) is 1. The largest absolute Gasteiger partial charge is 0.481 e. The highest BCUT2D eigenvalue weighted by Gasteiger charge is 2.34. The van der Waals surface area contributed by atoms with Gasteiger partial charge in [0.05, 0.1) is 0 Å². The van der Waals surface area contributed by atoms with Crippen LogP contribution in [0.25, 0.3) is 0 Å². The molecule has 0 aromatic rings. The fourth-order valence-electron chi connectivity index (χ4n) is 0.730. The Balaban J connectivity index is 0.000000640. The molecule has 3 nitrogen and oxygen atoms in total. The average Bonchev–Trinajstić information content (AvgIpc) is 2.17. The van der Waals surface area contributed by atoms with Gasteiger partial charge in [-0.2, -0.15) is 0 Å². The molecule has 0 amide bonds. The summed E-state index contributed by atoms with van der Waals surface area (Å²) in [6.45, 7) is 0. The number of rotatable bonds is 2. The summed E-state index contributed by atoms with van der Waals surface area (Å²) in [5, 5.41) is 8.19. The van der Waals surface area contributed by atoms with Gasteiger partial charge in [0.15, 0.2) is 0 Å². The zero-order chi connectivity index (χ0) is 6.15. The van der Waals surface area contributed by atoms with Crippen molar-refractivity contribution in [1.29, 1.82) is 0 Å². The van der Waals surface area contributed by atoms with Crippen molar-refractivity contribution < 1.29 is 9.90 Å². The van der Waals surface area contributed by atoms with Crippen LogP contribution in [0, 0.1) is 5.92 Å². The number of hydrogen-bond donors (Lipinski definition) is 2. The average molecular weight is 152 g/mol.